The number of hydrogen-bond acceptors (Lipinski definition) is 7. The Balaban J connectivity index is 1.48. The predicted molar refractivity (Wildman–Crippen MR) is 104 cm³/mol. The van der Waals surface area contributed by atoms with E-state index < -0.39 is 0 Å². The molecule has 3 aromatic rings. The summed E-state index contributed by atoms with van der Waals surface area (Å²) in [4.78, 5) is 11.0. The Morgan fingerprint density at radius 1 is 1.24 bits per heavy atom. The zero-order valence-corrected chi connectivity index (χ0v) is 16.3. The van der Waals surface area contributed by atoms with Crippen molar-refractivity contribution in [1.29, 1.82) is 0 Å². The largest absolute Gasteiger partial charge is 0.475 e. The zero-order valence-electron chi connectivity index (χ0n) is 16.3. The highest BCUT2D eigenvalue weighted by Gasteiger charge is 2.31. The molecule has 0 radical (unpaired) electrons. The van der Waals surface area contributed by atoms with Gasteiger partial charge < -0.3 is 14.0 Å². The summed E-state index contributed by atoms with van der Waals surface area (Å²) in [7, 11) is 1.62. The van der Waals surface area contributed by atoms with Crippen LogP contribution in [0.3, 0.4) is 0 Å². The third kappa shape index (κ3) is 4.60. The van der Waals surface area contributed by atoms with Crippen LogP contribution in [-0.4, -0.2) is 46.9 Å². The lowest BCUT2D eigenvalue weighted by Crippen LogP contribution is -2.23. The van der Waals surface area contributed by atoms with Crippen LogP contribution < -0.4 is 4.74 Å². The van der Waals surface area contributed by atoms with Gasteiger partial charge in [0.1, 0.15) is 12.4 Å². The van der Waals surface area contributed by atoms with Gasteiger partial charge in [-0.2, -0.15) is 4.98 Å². The number of nitrogens with zero attached hydrogens (tertiary/aromatic N) is 4. The standard InChI is InChI=1S/C21H23FN4O3/c1-27-11-12-28-19-13-15(8-9-23-19)20-24-21(29-25-20)18-7-4-10-26(18)14-16-5-2-3-6-17(16)22/h2-3,5-6,8-9,13,18H,4,7,10-12,14H2,1H3/t18-/m1/s1. The molecule has 29 heavy (non-hydrogen) atoms. The molecule has 0 unspecified atom stereocenters. The summed E-state index contributed by atoms with van der Waals surface area (Å²) in [5, 5.41) is 4.13. The SMILES string of the molecule is COCCOc1cc(-c2noc([C@H]3CCCN3Cc3ccccc3F)n2)ccn1. The molecule has 4 rings (SSSR count). The van der Waals surface area contributed by atoms with Crippen molar-refractivity contribution in [2.24, 2.45) is 0 Å². The third-order valence-electron chi connectivity index (χ3n) is 4.95. The summed E-state index contributed by atoms with van der Waals surface area (Å²) >= 11 is 0. The number of halogens is 1. The van der Waals surface area contributed by atoms with Crippen LogP contribution in [0.2, 0.25) is 0 Å². The van der Waals surface area contributed by atoms with Crippen LogP contribution in [0.15, 0.2) is 47.1 Å². The van der Waals surface area contributed by atoms with Gasteiger partial charge >= 0.3 is 0 Å². The Kier molecular flexibility index (Phi) is 6.12. The van der Waals surface area contributed by atoms with Crippen molar-refractivity contribution in [2.75, 3.05) is 26.9 Å². The maximum Gasteiger partial charge on any atom is 0.244 e. The second-order valence-corrected chi connectivity index (χ2v) is 6.90. The molecule has 152 valence electrons. The van der Waals surface area contributed by atoms with E-state index in [1.54, 1.807) is 25.4 Å². The molecule has 7 nitrogen and oxygen atoms in total. The maximum atomic E-state index is 14.0. The van der Waals surface area contributed by atoms with Crippen molar-refractivity contribution in [3.8, 4) is 17.3 Å². The molecule has 1 atom stereocenters. The van der Waals surface area contributed by atoms with Crippen LogP contribution in [0.4, 0.5) is 4.39 Å². The number of hydrogen-bond donors (Lipinski definition) is 0. The number of aromatic nitrogens is 3. The molecule has 3 heterocycles. The first-order chi connectivity index (χ1) is 14.2. The Bertz CT molecular complexity index is 949. The second-order valence-electron chi connectivity index (χ2n) is 6.90. The third-order valence-corrected chi connectivity index (χ3v) is 4.95. The van der Waals surface area contributed by atoms with E-state index in [1.165, 1.54) is 6.07 Å². The zero-order chi connectivity index (χ0) is 20.1. The average molecular weight is 398 g/mol. The number of pyridine rings is 1. The van der Waals surface area contributed by atoms with Gasteiger partial charge in [0.2, 0.25) is 17.6 Å². The van der Waals surface area contributed by atoms with Gasteiger partial charge in [-0.25, -0.2) is 9.37 Å². The summed E-state index contributed by atoms with van der Waals surface area (Å²) in [5.41, 5.74) is 1.44. The van der Waals surface area contributed by atoms with E-state index in [0.717, 1.165) is 24.9 Å². The molecule has 1 aliphatic rings. The number of ether oxygens (including phenoxy) is 2. The quantitative estimate of drug-likeness (QED) is 0.537. The predicted octanol–water partition coefficient (Wildman–Crippen LogP) is 3.63. The molecule has 0 spiro atoms. The van der Waals surface area contributed by atoms with Crippen molar-refractivity contribution in [1.82, 2.24) is 20.0 Å². The minimum atomic E-state index is -0.192. The van der Waals surface area contributed by atoms with Gasteiger partial charge in [0.05, 0.1) is 12.6 Å². The summed E-state index contributed by atoms with van der Waals surface area (Å²) in [6.07, 6.45) is 3.55. The van der Waals surface area contributed by atoms with Crippen molar-refractivity contribution in [3.63, 3.8) is 0 Å². The number of rotatable bonds is 8. The minimum Gasteiger partial charge on any atom is -0.475 e. The van der Waals surface area contributed by atoms with E-state index >= 15 is 0 Å². The topological polar surface area (TPSA) is 73.5 Å². The van der Waals surface area contributed by atoms with Gasteiger partial charge in [0, 0.05) is 37.0 Å². The smallest absolute Gasteiger partial charge is 0.244 e. The molecular weight excluding hydrogens is 375 g/mol. The van der Waals surface area contributed by atoms with E-state index in [9.17, 15) is 4.39 Å². The summed E-state index contributed by atoms with van der Waals surface area (Å²) in [6, 6.07) is 10.4. The van der Waals surface area contributed by atoms with E-state index in [-0.39, 0.29) is 11.9 Å². The molecule has 0 bridgehead atoms. The Morgan fingerprint density at radius 3 is 3.00 bits per heavy atom. The van der Waals surface area contributed by atoms with Crippen LogP contribution >= 0.6 is 0 Å². The van der Waals surface area contributed by atoms with Crippen molar-refractivity contribution in [3.05, 3.63) is 59.9 Å². The van der Waals surface area contributed by atoms with Crippen LogP contribution in [0, 0.1) is 5.82 Å². The molecule has 8 heteroatoms. The minimum absolute atomic E-state index is 0.0184. The molecule has 0 N–H and O–H groups in total. The van der Waals surface area contributed by atoms with Crippen LogP contribution in [-0.2, 0) is 11.3 Å². The average Bonchev–Trinajstić information content (AvgIpc) is 3.40. The molecule has 0 aliphatic carbocycles. The van der Waals surface area contributed by atoms with Gasteiger partial charge in [0.25, 0.3) is 0 Å². The fourth-order valence-electron chi connectivity index (χ4n) is 3.49. The van der Waals surface area contributed by atoms with Crippen LogP contribution in [0.25, 0.3) is 11.4 Å². The van der Waals surface area contributed by atoms with Gasteiger partial charge in [-0.05, 0) is 31.5 Å². The molecule has 0 amide bonds. The summed E-state index contributed by atoms with van der Waals surface area (Å²) in [6.45, 7) is 2.28. The molecule has 1 aromatic carbocycles. The number of benzene rings is 1. The molecule has 1 saturated heterocycles. The molecule has 1 aliphatic heterocycles. The Hall–Kier alpha value is -2.84. The van der Waals surface area contributed by atoms with Gasteiger partial charge in [-0.15, -0.1) is 0 Å². The second kappa shape index (κ2) is 9.11. The maximum absolute atomic E-state index is 14.0. The van der Waals surface area contributed by atoms with E-state index in [0.29, 0.717) is 42.9 Å². The molecule has 1 fully saturated rings. The first kappa shape index (κ1) is 19.5. The fraction of sp³-hybridized carbons (Fsp3) is 0.381. The van der Waals surface area contributed by atoms with E-state index in [2.05, 4.69) is 20.0 Å². The lowest BCUT2D eigenvalue weighted by Gasteiger charge is -2.21. The van der Waals surface area contributed by atoms with Crippen molar-refractivity contribution in [2.45, 2.75) is 25.4 Å². The Labute approximate surface area is 168 Å². The fourth-order valence-corrected chi connectivity index (χ4v) is 3.49. The monoisotopic (exact) mass is 398 g/mol. The van der Waals surface area contributed by atoms with Gasteiger partial charge in [-0.3, -0.25) is 4.90 Å². The van der Waals surface area contributed by atoms with Gasteiger partial charge in [-0.1, -0.05) is 23.4 Å². The summed E-state index contributed by atoms with van der Waals surface area (Å²) in [5.74, 6) is 1.32. The van der Waals surface area contributed by atoms with Gasteiger partial charge in [0.15, 0.2) is 0 Å². The highest BCUT2D eigenvalue weighted by atomic mass is 19.1. The molecular formula is C21H23FN4O3. The highest BCUT2D eigenvalue weighted by Crippen LogP contribution is 2.33. The van der Waals surface area contributed by atoms with Crippen LogP contribution in [0.1, 0.15) is 30.3 Å². The molecule has 0 saturated carbocycles. The Morgan fingerprint density at radius 2 is 2.14 bits per heavy atom. The lowest BCUT2D eigenvalue weighted by molar-refractivity contribution is 0.144. The van der Waals surface area contributed by atoms with Crippen LogP contribution in [0.5, 0.6) is 5.88 Å². The first-order valence-electron chi connectivity index (χ1n) is 9.64. The lowest BCUT2D eigenvalue weighted by atomic mass is 10.1. The van der Waals surface area contributed by atoms with Crippen molar-refractivity contribution >= 4 is 0 Å². The summed E-state index contributed by atoms with van der Waals surface area (Å²) < 4.78 is 30.1. The van der Waals surface area contributed by atoms with E-state index in [1.807, 2.05) is 18.2 Å². The van der Waals surface area contributed by atoms with E-state index in [4.69, 9.17) is 14.0 Å². The number of likely N-dealkylation sites (tertiary alicyclic amines) is 1. The first-order valence-corrected chi connectivity index (χ1v) is 9.64. The highest BCUT2D eigenvalue weighted by molar-refractivity contribution is 5.55. The normalized spacial score (nSPS) is 17.0. The van der Waals surface area contributed by atoms with Crippen molar-refractivity contribution < 1.29 is 18.4 Å². The number of methoxy groups -OCH3 is 1. The molecule has 2 aromatic heterocycles.